The molecule has 4 heteroatoms. The minimum Gasteiger partial charge on any atom is -0.375 e. The van der Waals surface area contributed by atoms with Crippen molar-refractivity contribution in [3.05, 3.63) is 35.9 Å². The van der Waals surface area contributed by atoms with Gasteiger partial charge >= 0.3 is 0 Å². The van der Waals surface area contributed by atoms with E-state index in [1.807, 2.05) is 30.0 Å². The lowest BCUT2D eigenvalue weighted by molar-refractivity contribution is -0.132. The summed E-state index contributed by atoms with van der Waals surface area (Å²) in [6.45, 7) is 6.46. The molecule has 1 aromatic carbocycles. The summed E-state index contributed by atoms with van der Waals surface area (Å²) in [5.74, 6) is 0.157. The molecule has 1 aliphatic heterocycles. The average Bonchev–Trinajstić information content (AvgIpc) is 2.52. The third-order valence-corrected chi connectivity index (χ3v) is 3.91. The van der Waals surface area contributed by atoms with Gasteiger partial charge in [0.15, 0.2) is 0 Å². The number of carbonyl (C=O) groups excluding carboxylic acids is 1. The van der Waals surface area contributed by atoms with E-state index < -0.39 is 0 Å². The molecule has 0 aliphatic carbocycles. The van der Waals surface area contributed by atoms with Crippen LogP contribution < -0.4 is 0 Å². The van der Waals surface area contributed by atoms with Crippen molar-refractivity contribution in [3.8, 4) is 0 Å². The molecule has 0 spiro atoms. The molecule has 2 rings (SSSR count). The summed E-state index contributed by atoms with van der Waals surface area (Å²) in [6, 6.07) is 10.2. The first-order valence-corrected chi connectivity index (χ1v) is 7.74. The van der Waals surface area contributed by atoms with Crippen molar-refractivity contribution in [1.29, 1.82) is 0 Å². The Labute approximate surface area is 127 Å². The molecular weight excluding hydrogens is 266 g/mol. The Hall–Kier alpha value is -1.39. The largest absolute Gasteiger partial charge is 0.375 e. The zero-order valence-corrected chi connectivity index (χ0v) is 13.0. The number of ether oxygens (including phenoxy) is 2. The van der Waals surface area contributed by atoms with Gasteiger partial charge in [-0.3, -0.25) is 4.79 Å². The maximum Gasteiger partial charge on any atom is 0.219 e. The monoisotopic (exact) mass is 291 g/mol. The zero-order chi connectivity index (χ0) is 15.1. The Balaban J connectivity index is 1.82. The fourth-order valence-electron chi connectivity index (χ4n) is 2.67. The number of hydrogen-bond acceptors (Lipinski definition) is 3. The van der Waals surface area contributed by atoms with Gasteiger partial charge in [-0.1, -0.05) is 30.3 Å². The highest BCUT2D eigenvalue weighted by atomic mass is 16.5. The van der Waals surface area contributed by atoms with Gasteiger partial charge in [0.25, 0.3) is 0 Å². The van der Waals surface area contributed by atoms with Gasteiger partial charge in [-0.25, -0.2) is 0 Å². The highest BCUT2D eigenvalue weighted by Gasteiger charge is 2.22. The van der Waals surface area contributed by atoms with Crippen LogP contribution in [0.5, 0.6) is 0 Å². The van der Waals surface area contributed by atoms with Crippen molar-refractivity contribution in [2.24, 2.45) is 0 Å². The van der Waals surface area contributed by atoms with Gasteiger partial charge in [-0.15, -0.1) is 0 Å². The number of likely N-dealkylation sites (tertiary alicyclic amines) is 1. The molecule has 0 saturated carbocycles. The topological polar surface area (TPSA) is 38.8 Å². The Morgan fingerprint density at radius 2 is 1.95 bits per heavy atom. The summed E-state index contributed by atoms with van der Waals surface area (Å²) >= 11 is 0. The van der Waals surface area contributed by atoms with E-state index in [0.29, 0.717) is 13.2 Å². The molecule has 116 valence electrons. The SMILES string of the molecule is CCOC(COC1CCN(C(C)=O)CC1)c1ccccc1. The minimum absolute atomic E-state index is 0.0120. The highest BCUT2D eigenvalue weighted by molar-refractivity contribution is 5.73. The van der Waals surface area contributed by atoms with Crippen molar-refractivity contribution < 1.29 is 14.3 Å². The number of piperidine rings is 1. The highest BCUT2D eigenvalue weighted by Crippen LogP contribution is 2.21. The molecule has 1 atom stereocenters. The lowest BCUT2D eigenvalue weighted by atomic mass is 10.1. The van der Waals surface area contributed by atoms with Crippen LogP contribution in [-0.4, -0.2) is 43.2 Å². The van der Waals surface area contributed by atoms with Gasteiger partial charge in [-0.2, -0.15) is 0 Å². The first kappa shape index (κ1) is 16.0. The van der Waals surface area contributed by atoms with Crippen LogP contribution in [0.3, 0.4) is 0 Å². The number of nitrogens with zero attached hydrogens (tertiary/aromatic N) is 1. The molecule has 4 nitrogen and oxygen atoms in total. The van der Waals surface area contributed by atoms with Crippen LogP contribution in [0.2, 0.25) is 0 Å². The van der Waals surface area contributed by atoms with Crippen LogP contribution in [0.15, 0.2) is 30.3 Å². The summed E-state index contributed by atoms with van der Waals surface area (Å²) < 4.78 is 11.8. The molecule has 1 aromatic rings. The van der Waals surface area contributed by atoms with Gasteiger partial charge in [0.2, 0.25) is 5.91 Å². The smallest absolute Gasteiger partial charge is 0.219 e. The quantitative estimate of drug-likeness (QED) is 0.809. The van der Waals surface area contributed by atoms with E-state index in [0.717, 1.165) is 31.5 Å². The van der Waals surface area contributed by atoms with Crippen molar-refractivity contribution in [2.75, 3.05) is 26.3 Å². The van der Waals surface area contributed by atoms with Crippen LogP contribution in [0.1, 0.15) is 38.4 Å². The Bertz CT molecular complexity index is 427. The molecule has 0 N–H and O–H groups in total. The van der Waals surface area contributed by atoms with Crippen LogP contribution in [0.4, 0.5) is 0 Å². The second kappa shape index (κ2) is 8.15. The molecule has 1 amide bonds. The summed E-state index contributed by atoms with van der Waals surface area (Å²) in [4.78, 5) is 13.2. The van der Waals surface area contributed by atoms with Crippen LogP contribution in [0, 0.1) is 0 Å². The Morgan fingerprint density at radius 1 is 1.29 bits per heavy atom. The van der Waals surface area contributed by atoms with Crippen molar-refractivity contribution in [3.63, 3.8) is 0 Å². The van der Waals surface area contributed by atoms with Gasteiger partial charge in [-0.05, 0) is 25.3 Å². The molecule has 0 radical (unpaired) electrons. The average molecular weight is 291 g/mol. The summed E-state index contributed by atoms with van der Waals surface area (Å²) in [7, 11) is 0. The number of benzene rings is 1. The van der Waals surface area contributed by atoms with Crippen LogP contribution in [-0.2, 0) is 14.3 Å². The van der Waals surface area contributed by atoms with Gasteiger partial charge in [0.05, 0.1) is 12.7 Å². The molecule has 1 aliphatic rings. The Kier molecular flexibility index (Phi) is 6.21. The van der Waals surface area contributed by atoms with E-state index in [9.17, 15) is 4.79 Å². The molecule has 0 bridgehead atoms. The van der Waals surface area contributed by atoms with Crippen LogP contribution >= 0.6 is 0 Å². The maximum atomic E-state index is 11.3. The normalized spacial score (nSPS) is 17.7. The lowest BCUT2D eigenvalue weighted by Gasteiger charge is -2.32. The van der Waals surface area contributed by atoms with Gasteiger partial charge in [0.1, 0.15) is 6.10 Å². The molecule has 0 aromatic heterocycles. The van der Waals surface area contributed by atoms with E-state index in [-0.39, 0.29) is 18.1 Å². The predicted molar refractivity (Wildman–Crippen MR) is 82.0 cm³/mol. The fraction of sp³-hybridized carbons (Fsp3) is 0.588. The molecule has 1 unspecified atom stereocenters. The van der Waals surface area contributed by atoms with Gasteiger partial charge < -0.3 is 14.4 Å². The summed E-state index contributed by atoms with van der Waals surface area (Å²) in [5.41, 5.74) is 1.15. The maximum absolute atomic E-state index is 11.3. The summed E-state index contributed by atoms with van der Waals surface area (Å²) in [5, 5.41) is 0. The molecule has 1 saturated heterocycles. The van der Waals surface area contributed by atoms with E-state index in [4.69, 9.17) is 9.47 Å². The standard InChI is InChI=1S/C17H25NO3/c1-3-20-17(15-7-5-4-6-8-15)13-21-16-9-11-18(12-10-16)14(2)19/h4-8,16-17H,3,9-13H2,1-2H3. The fourth-order valence-corrected chi connectivity index (χ4v) is 2.67. The van der Waals surface area contributed by atoms with E-state index >= 15 is 0 Å². The second-order valence-corrected chi connectivity index (χ2v) is 5.39. The predicted octanol–water partition coefficient (Wildman–Crippen LogP) is 2.79. The molecule has 21 heavy (non-hydrogen) atoms. The Morgan fingerprint density at radius 3 is 2.52 bits per heavy atom. The van der Waals surface area contributed by atoms with Crippen molar-refractivity contribution in [1.82, 2.24) is 4.90 Å². The molecule has 1 heterocycles. The van der Waals surface area contributed by atoms with Crippen molar-refractivity contribution >= 4 is 5.91 Å². The number of carbonyl (C=O) groups is 1. The minimum atomic E-state index is -0.0120. The number of amides is 1. The molecular formula is C17H25NO3. The van der Waals surface area contributed by atoms with Gasteiger partial charge in [0, 0.05) is 26.6 Å². The second-order valence-electron chi connectivity index (χ2n) is 5.39. The summed E-state index contributed by atoms with van der Waals surface area (Å²) in [6.07, 6.45) is 2.04. The van der Waals surface area contributed by atoms with Crippen LogP contribution in [0.25, 0.3) is 0 Å². The van der Waals surface area contributed by atoms with E-state index in [1.165, 1.54) is 0 Å². The third-order valence-electron chi connectivity index (χ3n) is 3.91. The van der Waals surface area contributed by atoms with E-state index in [1.54, 1.807) is 6.92 Å². The van der Waals surface area contributed by atoms with E-state index in [2.05, 4.69) is 12.1 Å². The first-order valence-electron chi connectivity index (χ1n) is 7.74. The number of hydrogen-bond donors (Lipinski definition) is 0. The lowest BCUT2D eigenvalue weighted by Crippen LogP contribution is -2.40. The van der Waals surface area contributed by atoms with Crippen molar-refractivity contribution in [2.45, 2.75) is 38.9 Å². The zero-order valence-electron chi connectivity index (χ0n) is 13.0. The third kappa shape index (κ3) is 4.83. The first-order chi connectivity index (χ1) is 10.2. The molecule has 1 fully saturated rings. The number of rotatable bonds is 6.